The van der Waals surface area contributed by atoms with Gasteiger partial charge in [-0.1, -0.05) is 56.3 Å². The first-order valence-electron chi connectivity index (χ1n) is 10.1. The zero-order chi connectivity index (χ0) is 21.5. The summed E-state index contributed by atoms with van der Waals surface area (Å²) >= 11 is 0. The average Bonchev–Trinajstić information content (AvgIpc) is 3.33. The number of nitrogens with zero attached hydrogens (tertiary/aromatic N) is 1. The van der Waals surface area contributed by atoms with Crippen LogP contribution in [0.25, 0.3) is 21.9 Å². The summed E-state index contributed by atoms with van der Waals surface area (Å²) in [6, 6.07) is 18.1. The summed E-state index contributed by atoms with van der Waals surface area (Å²) in [5.74, 6) is 0.261. The van der Waals surface area contributed by atoms with Crippen LogP contribution >= 0.6 is 0 Å². The van der Waals surface area contributed by atoms with E-state index in [1.165, 1.54) is 5.39 Å². The van der Waals surface area contributed by atoms with Gasteiger partial charge < -0.3 is 15.2 Å². The molecule has 4 rings (SSSR count). The first-order chi connectivity index (χ1) is 14.5. The SMILES string of the molecule is CC(=N)c1cccc2ccccc12.CCC(C)C(=N)c1cncc(-c2ccoc2)c1. The summed E-state index contributed by atoms with van der Waals surface area (Å²) in [6.07, 6.45) is 7.83. The Labute approximate surface area is 177 Å². The molecular weight excluding hydrogens is 370 g/mol. The van der Waals surface area contributed by atoms with Gasteiger partial charge >= 0.3 is 0 Å². The molecule has 0 saturated carbocycles. The Hall–Kier alpha value is -3.53. The Kier molecular flexibility index (Phi) is 6.91. The molecule has 2 heterocycles. The second-order valence-electron chi connectivity index (χ2n) is 7.35. The Morgan fingerprint density at radius 1 is 1.00 bits per heavy atom. The minimum absolute atomic E-state index is 0.261. The summed E-state index contributed by atoms with van der Waals surface area (Å²) in [4.78, 5) is 4.20. The molecule has 2 N–H and O–H groups in total. The summed E-state index contributed by atoms with van der Waals surface area (Å²) in [5.41, 5.74) is 5.17. The third-order valence-corrected chi connectivity index (χ3v) is 5.20. The van der Waals surface area contributed by atoms with E-state index in [1.807, 2.05) is 43.3 Å². The Morgan fingerprint density at radius 2 is 1.77 bits per heavy atom. The Bertz CT molecular complexity index is 1140. The minimum atomic E-state index is 0.261. The van der Waals surface area contributed by atoms with Crippen molar-refractivity contribution in [2.45, 2.75) is 27.2 Å². The zero-order valence-electron chi connectivity index (χ0n) is 17.6. The van der Waals surface area contributed by atoms with Crippen molar-refractivity contribution in [1.82, 2.24) is 4.98 Å². The van der Waals surface area contributed by atoms with Crippen LogP contribution in [0.3, 0.4) is 0 Å². The summed E-state index contributed by atoms with van der Waals surface area (Å²) in [7, 11) is 0. The normalized spacial score (nSPS) is 11.4. The first kappa shape index (κ1) is 21.2. The largest absolute Gasteiger partial charge is 0.472 e. The van der Waals surface area contributed by atoms with Crippen molar-refractivity contribution >= 4 is 22.2 Å². The number of hydrogen-bond acceptors (Lipinski definition) is 4. The lowest BCUT2D eigenvalue weighted by atomic mass is 9.96. The van der Waals surface area contributed by atoms with Crippen LogP contribution < -0.4 is 0 Å². The standard InChI is InChI=1S/C14H16N2O.C12H11N/c1-3-10(2)14(15)13-6-12(7-16-8-13)11-4-5-17-9-11;1-9(13)11-8-4-6-10-5-2-3-7-12(10)11/h4-10,15H,3H2,1-2H3;2-8,13H,1H3. The van der Waals surface area contributed by atoms with Gasteiger partial charge in [0.05, 0.1) is 12.5 Å². The number of aromatic nitrogens is 1. The molecule has 4 heteroatoms. The lowest BCUT2D eigenvalue weighted by Gasteiger charge is -2.11. The number of furan rings is 1. The van der Waals surface area contributed by atoms with Crippen LogP contribution in [0.4, 0.5) is 0 Å². The van der Waals surface area contributed by atoms with Gasteiger partial charge in [0, 0.05) is 46.1 Å². The quantitative estimate of drug-likeness (QED) is 0.356. The van der Waals surface area contributed by atoms with Crippen LogP contribution in [-0.4, -0.2) is 16.4 Å². The van der Waals surface area contributed by atoms with Gasteiger partial charge in [-0.3, -0.25) is 4.98 Å². The topological polar surface area (TPSA) is 73.7 Å². The van der Waals surface area contributed by atoms with Gasteiger partial charge in [-0.05, 0) is 42.2 Å². The molecule has 0 spiro atoms. The molecule has 0 saturated heterocycles. The Balaban J connectivity index is 0.000000177. The molecule has 2 aromatic heterocycles. The van der Waals surface area contributed by atoms with Crippen molar-refractivity contribution in [3.63, 3.8) is 0 Å². The summed E-state index contributed by atoms with van der Waals surface area (Å²) < 4.78 is 5.06. The van der Waals surface area contributed by atoms with Crippen molar-refractivity contribution < 1.29 is 4.42 Å². The van der Waals surface area contributed by atoms with E-state index in [-0.39, 0.29) is 5.92 Å². The van der Waals surface area contributed by atoms with E-state index in [2.05, 4.69) is 37.0 Å². The van der Waals surface area contributed by atoms with Crippen LogP contribution in [0.1, 0.15) is 38.3 Å². The van der Waals surface area contributed by atoms with E-state index in [0.717, 1.165) is 34.1 Å². The van der Waals surface area contributed by atoms with Crippen LogP contribution in [-0.2, 0) is 0 Å². The van der Waals surface area contributed by atoms with Gasteiger partial charge in [0.15, 0.2) is 0 Å². The van der Waals surface area contributed by atoms with Gasteiger partial charge in [0.25, 0.3) is 0 Å². The van der Waals surface area contributed by atoms with Crippen LogP contribution in [0, 0.1) is 16.7 Å². The molecule has 0 bridgehead atoms. The van der Waals surface area contributed by atoms with E-state index < -0.39 is 0 Å². The predicted octanol–water partition coefficient (Wildman–Crippen LogP) is 6.98. The molecule has 0 aliphatic carbocycles. The Morgan fingerprint density at radius 3 is 2.47 bits per heavy atom. The molecule has 1 unspecified atom stereocenters. The molecule has 0 amide bonds. The number of benzene rings is 2. The van der Waals surface area contributed by atoms with Gasteiger partial charge in [-0.2, -0.15) is 0 Å². The molecular formula is C26H27N3O. The highest BCUT2D eigenvalue weighted by atomic mass is 16.3. The fourth-order valence-electron chi connectivity index (χ4n) is 3.21. The number of nitrogens with one attached hydrogen (secondary N) is 2. The number of pyridine rings is 1. The van der Waals surface area contributed by atoms with Crippen molar-refractivity contribution in [3.05, 3.63) is 90.6 Å². The van der Waals surface area contributed by atoms with Crippen LogP contribution in [0.2, 0.25) is 0 Å². The third-order valence-electron chi connectivity index (χ3n) is 5.20. The summed E-state index contributed by atoms with van der Waals surface area (Å²) in [6.45, 7) is 5.97. The first-order valence-corrected chi connectivity index (χ1v) is 10.1. The molecule has 0 fully saturated rings. The molecule has 152 valence electrons. The van der Waals surface area contributed by atoms with Gasteiger partial charge in [-0.15, -0.1) is 0 Å². The van der Waals surface area contributed by atoms with Crippen molar-refractivity contribution in [3.8, 4) is 11.1 Å². The third kappa shape index (κ3) is 4.90. The van der Waals surface area contributed by atoms with Crippen molar-refractivity contribution in [1.29, 1.82) is 10.8 Å². The fourth-order valence-corrected chi connectivity index (χ4v) is 3.21. The molecule has 0 aliphatic rings. The maximum absolute atomic E-state index is 8.09. The fraction of sp³-hybridized carbons (Fsp3) is 0.192. The van der Waals surface area contributed by atoms with E-state index in [9.17, 15) is 0 Å². The maximum Gasteiger partial charge on any atom is 0.0981 e. The van der Waals surface area contributed by atoms with Crippen molar-refractivity contribution in [2.24, 2.45) is 5.92 Å². The van der Waals surface area contributed by atoms with Gasteiger partial charge in [0.1, 0.15) is 0 Å². The highest BCUT2D eigenvalue weighted by Gasteiger charge is 2.10. The lowest BCUT2D eigenvalue weighted by molar-refractivity contribution is 0.568. The molecule has 4 nitrogen and oxygen atoms in total. The average molecular weight is 398 g/mol. The molecule has 1 atom stereocenters. The molecule has 0 aliphatic heterocycles. The number of fused-ring (bicyclic) bond motifs is 1. The molecule has 2 aromatic carbocycles. The second-order valence-corrected chi connectivity index (χ2v) is 7.35. The number of hydrogen-bond donors (Lipinski definition) is 2. The van der Waals surface area contributed by atoms with Gasteiger partial charge in [-0.25, -0.2) is 0 Å². The highest BCUT2D eigenvalue weighted by Crippen LogP contribution is 2.21. The highest BCUT2D eigenvalue weighted by molar-refractivity contribution is 6.08. The minimum Gasteiger partial charge on any atom is -0.472 e. The molecule has 4 aromatic rings. The van der Waals surface area contributed by atoms with Gasteiger partial charge in [0.2, 0.25) is 0 Å². The van der Waals surface area contributed by atoms with Crippen LogP contribution in [0.5, 0.6) is 0 Å². The van der Waals surface area contributed by atoms with Crippen LogP contribution in [0.15, 0.2) is 83.9 Å². The van der Waals surface area contributed by atoms with E-state index in [4.69, 9.17) is 15.2 Å². The number of rotatable bonds is 5. The predicted molar refractivity (Wildman–Crippen MR) is 125 cm³/mol. The van der Waals surface area contributed by atoms with Crippen molar-refractivity contribution in [2.75, 3.05) is 0 Å². The van der Waals surface area contributed by atoms with E-state index >= 15 is 0 Å². The summed E-state index contributed by atoms with van der Waals surface area (Å²) in [5, 5.41) is 18.1. The van der Waals surface area contributed by atoms with E-state index in [1.54, 1.807) is 24.9 Å². The smallest absolute Gasteiger partial charge is 0.0981 e. The molecule has 30 heavy (non-hydrogen) atoms. The van der Waals surface area contributed by atoms with E-state index in [0.29, 0.717) is 11.4 Å². The zero-order valence-corrected chi connectivity index (χ0v) is 17.6. The second kappa shape index (κ2) is 9.79. The molecule has 0 radical (unpaired) electrons. The maximum atomic E-state index is 8.09. The monoisotopic (exact) mass is 397 g/mol. The lowest BCUT2D eigenvalue weighted by Crippen LogP contribution is -2.10.